The highest BCUT2D eigenvalue weighted by atomic mass is 79.9. The maximum atomic E-state index is 12.2. The van der Waals surface area contributed by atoms with Gasteiger partial charge in [0, 0.05) is 16.1 Å². The van der Waals surface area contributed by atoms with Gasteiger partial charge in [-0.1, -0.05) is 28.1 Å². The monoisotopic (exact) mass is 389 g/mol. The van der Waals surface area contributed by atoms with Gasteiger partial charge in [0.2, 0.25) is 5.91 Å². The first-order valence-corrected chi connectivity index (χ1v) is 8.29. The van der Waals surface area contributed by atoms with Gasteiger partial charge in [-0.2, -0.15) is 0 Å². The molecule has 4 nitrogen and oxygen atoms in total. The van der Waals surface area contributed by atoms with Crippen molar-refractivity contribution in [3.8, 4) is 11.5 Å². The molecule has 0 aliphatic carbocycles. The third-order valence-corrected chi connectivity index (χ3v) is 4.03. The van der Waals surface area contributed by atoms with Crippen LogP contribution in [0.3, 0.4) is 0 Å². The molecule has 0 aliphatic rings. The van der Waals surface area contributed by atoms with E-state index in [1.54, 1.807) is 20.3 Å². The topological polar surface area (TPSA) is 47.6 Å². The Morgan fingerprint density at radius 2 is 1.96 bits per heavy atom. The van der Waals surface area contributed by atoms with Gasteiger partial charge in [0.1, 0.15) is 11.5 Å². The summed E-state index contributed by atoms with van der Waals surface area (Å²) in [6, 6.07) is 13.0. The van der Waals surface area contributed by atoms with Crippen LogP contribution in [0.15, 0.2) is 53.0 Å². The zero-order chi connectivity index (χ0) is 17.5. The molecule has 126 valence electrons. The molecule has 0 heterocycles. The molecule has 2 aromatic carbocycles. The van der Waals surface area contributed by atoms with Gasteiger partial charge < -0.3 is 14.8 Å². The average molecular weight is 390 g/mol. The predicted molar refractivity (Wildman–Crippen MR) is 99.3 cm³/mol. The van der Waals surface area contributed by atoms with E-state index in [0.717, 1.165) is 21.3 Å². The lowest BCUT2D eigenvalue weighted by Gasteiger charge is -2.17. The number of hydrogen-bond donors (Lipinski definition) is 1. The van der Waals surface area contributed by atoms with Crippen LogP contribution in [0, 0.1) is 0 Å². The molecule has 2 rings (SSSR count). The molecule has 0 saturated carbocycles. The Labute approximate surface area is 150 Å². The molecule has 1 N–H and O–H groups in total. The van der Waals surface area contributed by atoms with Gasteiger partial charge in [-0.3, -0.25) is 4.79 Å². The Kier molecular flexibility index (Phi) is 6.44. The lowest BCUT2D eigenvalue weighted by Crippen LogP contribution is -2.25. The van der Waals surface area contributed by atoms with Gasteiger partial charge in [-0.15, -0.1) is 0 Å². The van der Waals surface area contributed by atoms with Crippen LogP contribution in [0.2, 0.25) is 0 Å². The van der Waals surface area contributed by atoms with Gasteiger partial charge in [0.25, 0.3) is 0 Å². The molecular weight excluding hydrogens is 370 g/mol. The van der Waals surface area contributed by atoms with E-state index in [0.29, 0.717) is 5.75 Å². The first-order chi connectivity index (χ1) is 11.5. The summed E-state index contributed by atoms with van der Waals surface area (Å²) in [6.07, 6.45) is 3.29. The summed E-state index contributed by atoms with van der Waals surface area (Å²) in [5, 5.41) is 2.93. The zero-order valence-electron chi connectivity index (χ0n) is 13.9. The summed E-state index contributed by atoms with van der Waals surface area (Å²) >= 11 is 3.41. The van der Waals surface area contributed by atoms with Gasteiger partial charge in [0.05, 0.1) is 20.3 Å². The standard InChI is InChI=1S/C19H20BrNO3/c1-13(17-12-16(23-2)8-9-18(17)24-3)21-19(22)10-7-14-5-4-6-15(20)11-14/h4-13H,1-3H3,(H,21,22)/b10-7+/t13-/m1/s1. The van der Waals surface area contributed by atoms with Gasteiger partial charge in [-0.05, 0) is 48.9 Å². The average Bonchev–Trinajstić information content (AvgIpc) is 2.59. The number of methoxy groups -OCH3 is 2. The minimum atomic E-state index is -0.213. The number of carbonyl (C=O) groups excluding carboxylic acids is 1. The van der Waals surface area contributed by atoms with Crippen molar-refractivity contribution in [2.24, 2.45) is 0 Å². The summed E-state index contributed by atoms with van der Waals surface area (Å²) in [5.74, 6) is 1.25. The molecule has 0 aliphatic heterocycles. The minimum absolute atomic E-state index is 0.174. The highest BCUT2D eigenvalue weighted by Gasteiger charge is 2.14. The van der Waals surface area contributed by atoms with Gasteiger partial charge in [-0.25, -0.2) is 0 Å². The van der Waals surface area contributed by atoms with E-state index in [9.17, 15) is 4.79 Å². The van der Waals surface area contributed by atoms with Crippen molar-refractivity contribution in [3.63, 3.8) is 0 Å². The maximum absolute atomic E-state index is 12.2. The van der Waals surface area contributed by atoms with Crippen LogP contribution in [-0.4, -0.2) is 20.1 Å². The van der Waals surface area contributed by atoms with Crippen LogP contribution in [-0.2, 0) is 4.79 Å². The molecule has 0 spiro atoms. The highest BCUT2D eigenvalue weighted by molar-refractivity contribution is 9.10. The molecule has 5 heteroatoms. The van der Waals surface area contributed by atoms with Gasteiger partial charge >= 0.3 is 0 Å². The lowest BCUT2D eigenvalue weighted by molar-refractivity contribution is -0.117. The molecule has 2 aromatic rings. The van der Waals surface area contributed by atoms with Crippen molar-refractivity contribution in [2.75, 3.05) is 14.2 Å². The summed E-state index contributed by atoms with van der Waals surface area (Å²) in [6.45, 7) is 1.90. The summed E-state index contributed by atoms with van der Waals surface area (Å²) in [5.41, 5.74) is 1.81. The van der Waals surface area contributed by atoms with E-state index in [4.69, 9.17) is 9.47 Å². The molecule has 0 fully saturated rings. The molecule has 1 atom stereocenters. The van der Waals surface area contributed by atoms with Crippen molar-refractivity contribution < 1.29 is 14.3 Å². The third-order valence-electron chi connectivity index (χ3n) is 3.54. The van der Waals surface area contributed by atoms with E-state index in [1.165, 1.54) is 6.08 Å². The Hall–Kier alpha value is -2.27. The number of nitrogens with one attached hydrogen (secondary N) is 1. The van der Waals surface area contributed by atoms with E-state index in [-0.39, 0.29) is 11.9 Å². The number of ether oxygens (including phenoxy) is 2. The molecule has 0 aromatic heterocycles. The van der Waals surface area contributed by atoms with Crippen molar-refractivity contribution in [1.82, 2.24) is 5.32 Å². The maximum Gasteiger partial charge on any atom is 0.244 e. The van der Waals surface area contributed by atoms with E-state index in [2.05, 4.69) is 21.2 Å². The van der Waals surface area contributed by atoms with Crippen LogP contribution >= 0.6 is 15.9 Å². The fourth-order valence-corrected chi connectivity index (χ4v) is 2.72. The minimum Gasteiger partial charge on any atom is -0.497 e. The van der Waals surface area contributed by atoms with Crippen molar-refractivity contribution in [1.29, 1.82) is 0 Å². The molecule has 1 amide bonds. The summed E-state index contributed by atoms with van der Waals surface area (Å²) in [7, 11) is 3.21. The van der Waals surface area contributed by atoms with E-state index in [1.807, 2.05) is 49.4 Å². The van der Waals surface area contributed by atoms with Crippen LogP contribution in [0.25, 0.3) is 6.08 Å². The fourth-order valence-electron chi connectivity index (χ4n) is 2.30. The smallest absolute Gasteiger partial charge is 0.244 e. The number of carbonyl (C=O) groups is 1. The molecular formula is C19H20BrNO3. The first-order valence-electron chi connectivity index (χ1n) is 7.49. The number of amides is 1. The first kappa shape index (κ1) is 18.1. The molecule has 24 heavy (non-hydrogen) atoms. The SMILES string of the molecule is COc1ccc(OC)c([C@@H](C)NC(=O)/C=C/c2cccc(Br)c2)c1. The zero-order valence-corrected chi connectivity index (χ0v) is 15.5. The largest absolute Gasteiger partial charge is 0.497 e. The van der Waals surface area contributed by atoms with E-state index >= 15 is 0 Å². The Morgan fingerprint density at radius 1 is 1.17 bits per heavy atom. The second kappa shape index (κ2) is 8.55. The molecule has 0 unspecified atom stereocenters. The number of halogens is 1. The Balaban J connectivity index is 2.08. The van der Waals surface area contributed by atoms with E-state index < -0.39 is 0 Å². The van der Waals surface area contributed by atoms with Crippen molar-refractivity contribution in [2.45, 2.75) is 13.0 Å². The lowest BCUT2D eigenvalue weighted by atomic mass is 10.1. The Bertz CT molecular complexity index is 743. The summed E-state index contributed by atoms with van der Waals surface area (Å²) in [4.78, 5) is 12.2. The Morgan fingerprint density at radius 3 is 2.62 bits per heavy atom. The highest BCUT2D eigenvalue weighted by Crippen LogP contribution is 2.29. The van der Waals surface area contributed by atoms with Gasteiger partial charge in [0.15, 0.2) is 0 Å². The number of rotatable bonds is 6. The molecule has 0 bridgehead atoms. The second-order valence-electron chi connectivity index (χ2n) is 5.23. The molecule has 0 radical (unpaired) electrons. The normalized spacial score (nSPS) is 12.0. The van der Waals surface area contributed by atoms with Crippen molar-refractivity contribution in [3.05, 3.63) is 64.1 Å². The van der Waals surface area contributed by atoms with Crippen molar-refractivity contribution >= 4 is 27.9 Å². The van der Waals surface area contributed by atoms with Crippen LogP contribution < -0.4 is 14.8 Å². The summed E-state index contributed by atoms with van der Waals surface area (Å²) < 4.78 is 11.6. The number of hydrogen-bond acceptors (Lipinski definition) is 3. The molecule has 0 saturated heterocycles. The number of benzene rings is 2. The van der Waals surface area contributed by atoms with Crippen LogP contribution in [0.4, 0.5) is 0 Å². The van der Waals surface area contributed by atoms with Crippen LogP contribution in [0.1, 0.15) is 24.1 Å². The fraction of sp³-hybridized carbons (Fsp3) is 0.211. The second-order valence-corrected chi connectivity index (χ2v) is 6.14. The predicted octanol–water partition coefficient (Wildman–Crippen LogP) is 4.36. The quantitative estimate of drug-likeness (QED) is 0.746. The van der Waals surface area contributed by atoms with Crippen LogP contribution in [0.5, 0.6) is 11.5 Å². The third kappa shape index (κ3) is 4.86.